The fraction of sp³-hybridized carbons (Fsp3) is 0.562. The molecule has 1 aromatic carbocycles. The summed E-state index contributed by atoms with van der Waals surface area (Å²) in [5, 5.41) is 12.7. The summed E-state index contributed by atoms with van der Waals surface area (Å²) in [6, 6.07) is 11.3. The zero-order valence-corrected chi connectivity index (χ0v) is 11.5. The first-order valence-electron chi connectivity index (χ1n) is 7.24. The lowest BCUT2D eigenvalue weighted by Crippen LogP contribution is -2.37. The number of benzene rings is 1. The normalized spacial score (nSPS) is 24.9. The smallest absolute Gasteiger partial charge is 0.306 e. The van der Waals surface area contributed by atoms with Crippen molar-refractivity contribution in [3.8, 4) is 0 Å². The molecule has 1 fully saturated rings. The molecule has 1 atom stereocenters. The topological polar surface area (TPSA) is 49.3 Å². The van der Waals surface area contributed by atoms with Gasteiger partial charge in [0.2, 0.25) is 0 Å². The lowest BCUT2D eigenvalue weighted by molar-refractivity contribution is -0.142. The lowest BCUT2D eigenvalue weighted by atomic mass is 9.85. The third-order valence-electron chi connectivity index (χ3n) is 4.12. The molecule has 1 aliphatic rings. The van der Waals surface area contributed by atoms with Crippen molar-refractivity contribution in [2.24, 2.45) is 5.92 Å². The first kappa shape index (κ1) is 14.1. The van der Waals surface area contributed by atoms with E-state index in [-0.39, 0.29) is 5.92 Å². The molecule has 0 spiro atoms. The molecule has 0 amide bonds. The van der Waals surface area contributed by atoms with Crippen LogP contribution in [-0.2, 0) is 4.79 Å². The largest absolute Gasteiger partial charge is 0.481 e. The highest BCUT2D eigenvalue weighted by Crippen LogP contribution is 2.27. The van der Waals surface area contributed by atoms with Gasteiger partial charge in [0.15, 0.2) is 0 Å². The highest BCUT2D eigenvalue weighted by molar-refractivity contribution is 5.70. The number of hydrogen-bond donors (Lipinski definition) is 2. The molecule has 3 nitrogen and oxygen atoms in total. The van der Waals surface area contributed by atoms with Gasteiger partial charge in [-0.05, 0) is 37.7 Å². The number of carbonyl (C=O) groups is 1. The molecule has 2 rings (SSSR count). The fourth-order valence-corrected chi connectivity index (χ4v) is 2.93. The molecule has 2 N–H and O–H groups in total. The quantitative estimate of drug-likeness (QED) is 0.854. The SMILES string of the molecule is CCC(NC1CCC(C(=O)O)CC1)c1ccccc1. The van der Waals surface area contributed by atoms with Crippen LogP contribution in [0.1, 0.15) is 50.6 Å². The minimum atomic E-state index is -0.631. The van der Waals surface area contributed by atoms with Crippen molar-refractivity contribution < 1.29 is 9.90 Å². The highest BCUT2D eigenvalue weighted by Gasteiger charge is 2.26. The van der Waals surface area contributed by atoms with E-state index in [0.29, 0.717) is 12.1 Å². The summed E-state index contributed by atoms with van der Waals surface area (Å²) in [7, 11) is 0. The minimum Gasteiger partial charge on any atom is -0.481 e. The molecule has 1 unspecified atom stereocenters. The van der Waals surface area contributed by atoms with Crippen LogP contribution < -0.4 is 5.32 Å². The Morgan fingerprint density at radius 1 is 1.26 bits per heavy atom. The van der Waals surface area contributed by atoms with Crippen molar-refractivity contribution in [2.75, 3.05) is 0 Å². The van der Waals surface area contributed by atoms with E-state index >= 15 is 0 Å². The Bertz CT molecular complexity index is 396. The van der Waals surface area contributed by atoms with E-state index in [4.69, 9.17) is 5.11 Å². The van der Waals surface area contributed by atoms with Gasteiger partial charge in [0.25, 0.3) is 0 Å². The summed E-state index contributed by atoms with van der Waals surface area (Å²) in [6.45, 7) is 2.19. The molecular weight excluding hydrogens is 238 g/mol. The predicted molar refractivity (Wildman–Crippen MR) is 76.0 cm³/mol. The van der Waals surface area contributed by atoms with Gasteiger partial charge in [-0.2, -0.15) is 0 Å². The third-order valence-corrected chi connectivity index (χ3v) is 4.12. The van der Waals surface area contributed by atoms with E-state index in [0.717, 1.165) is 32.1 Å². The number of carboxylic acids is 1. The Hall–Kier alpha value is -1.35. The Labute approximate surface area is 115 Å². The van der Waals surface area contributed by atoms with Crippen molar-refractivity contribution in [3.63, 3.8) is 0 Å². The third kappa shape index (κ3) is 3.80. The molecule has 1 aromatic rings. The molecule has 0 bridgehead atoms. The van der Waals surface area contributed by atoms with Gasteiger partial charge in [-0.15, -0.1) is 0 Å². The van der Waals surface area contributed by atoms with Gasteiger partial charge in [-0.3, -0.25) is 4.79 Å². The summed E-state index contributed by atoms with van der Waals surface area (Å²) in [5.41, 5.74) is 1.32. The van der Waals surface area contributed by atoms with Gasteiger partial charge in [0.05, 0.1) is 5.92 Å². The van der Waals surface area contributed by atoms with E-state index in [1.54, 1.807) is 0 Å². The van der Waals surface area contributed by atoms with Gasteiger partial charge in [-0.25, -0.2) is 0 Å². The standard InChI is InChI=1S/C16H23NO2/c1-2-15(12-6-4-3-5-7-12)17-14-10-8-13(9-11-14)16(18)19/h3-7,13-15,17H,2,8-11H2,1H3,(H,18,19). The molecule has 1 aliphatic carbocycles. The highest BCUT2D eigenvalue weighted by atomic mass is 16.4. The molecule has 104 valence electrons. The van der Waals surface area contributed by atoms with Crippen LogP contribution in [0.2, 0.25) is 0 Å². The zero-order chi connectivity index (χ0) is 13.7. The van der Waals surface area contributed by atoms with Gasteiger partial charge in [0, 0.05) is 12.1 Å². The van der Waals surface area contributed by atoms with Crippen LogP contribution in [-0.4, -0.2) is 17.1 Å². The van der Waals surface area contributed by atoms with Crippen molar-refractivity contribution in [3.05, 3.63) is 35.9 Å². The molecular formula is C16H23NO2. The molecule has 1 saturated carbocycles. The first-order chi connectivity index (χ1) is 9.20. The Kier molecular flexibility index (Phi) is 4.97. The molecule has 3 heteroatoms. The van der Waals surface area contributed by atoms with E-state index in [1.165, 1.54) is 5.56 Å². The molecule has 0 heterocycles. The Morgan fingerprint density at radius 3 is 2.42 bits per heavy atom. The number of nitrogens with one attached hydrogen (secondary N) is 1. The fourth-order valence-electron chi connectivity index (χ4n) is 2.93. The Balaban J connectivity index is 1.89. The van der Waals surface area contributed by atoms with Crippen molar-refractivity contribution >= 4 is 5.97 Å². The maximum absolute atomic E-state index is 10.9. The number of aliphatic carboxylic acids is 1. The second kappa shape index (κ2) is 6.71. The van der Waals surface area contributed by atoms with Crippen LogP contribution in [0, 0.1) is 5.92 Å². The lowest BCUT2D eigenvalue weighted by Gasteiger charge is -2.30. The van der Waals surface area contributed by atoms with Crippen LogP contribution in [0.5, 0.6) is 0 Å². The van der Waals surface area contributed by atoms with Crippen LogP contribution in [0.4, 0.5) is 0 Å². The monoisotopic (exact) mass is 261 g/mol. The van der Waals surface area contributed by atoms with Gasteiger partial charge >= 0.3 is 5.97 Å². The van der Waals surface area contributed by atoms with Crippen LogP contribution in [0.3, 0.4) is 0 Å². The van der Waals surface area contributed by atoms with E-state index in [2.05, 4.69) is 36.5 Å². The average Bonchev–Trinajstić information content (AvgIpc) is 2.46. The van der Waals surface area contributed by atoms with Crippen LogP contribution in [0.25, 0.3) is 0 Å². The van der Waals surface area contributed by atoms with Crippen LogP contribution >= 0.6 is 0 Å². The summed E-state index contributed by atoms with van der Waals surface area (Å²) in [5.74, 6) is -0.761. The Morgan fingerprint density at radius 2 is 1.89 bits per heavy atom. The van der Waals surface area contributed by atoms with E-state index in [1.807, 2.05) is 6.07 Å². The molecule has 0 saturated heterocycles. The van der Waals surface area contributed by atoms with E-state index in [9.17, 15) is 4.79 Å². The van der Waals surface area contributed by atoms with E-state index < -0.39 is 5.97 Å². The number of rotatable bonds is 5. The second-order valence-electron chi connectivity index (χ2n) is 5.42. The summed E-state index contributed by atoms with van der Waals surface area (Å²) in [4.78, 5) is 10.9. The molecule has 0 radical (unpaired) electrons. The van der Waals surface area contributed by atoms with Crippen molar-refractivity contribution in [1.82, 2.24) is 5.32 Å². The van der Waals surface area contributed by atoms with Crippen molar-refractivity contribution in [1.29, 1.82) is 0 Å². The number of hydrogen-bond acceptors (Lipinski definition) is 2. The molecule has 0 aromatic heterocycles. The van der Waals surface area contributed by atoms with Gasteiger partial charge < -0.3 is 10.4 Å². The molecule has 19 heavy (non-hydrogen) atoms. The van der Waals surface area contributed by atoms with Crippen molar-refractivity contribution in [2.45, 2.75) is 51.1 Å². The molecule has 0 aliphatic heterocycles. The van der Waals surface area contributed by atoms with Gasteiger partial charge in [-0.1, -0.05) is 37.3 Å². The minimum absolute atomic E-state index is 0.130. The predicted octanol–water partition coefficient (Wildman–Crippen LogP) is 3.37. The maximum Gasteiger partial charge on any atom is 0.306 e. The second-order valence-corrected chi connectivity index (χ2v) is 5.42. The maximum atomic E-state index is 10.9. The van der Waals surface area contributed by atoms with Crippen LogP contribution in [0.15, 0.2) is 30.3 Å². The van der Waals surface area contributed by atoms with Gasteiger partial charge in [0.1, 0.15) is 0 Å². The first-order valence-corrected chi connectivity index (χ1v) is 7.24. The summed E-state index contributed by atoms with van der Waals surface area (Å²) >= 11 is 0. The summed E-state index contributed by atoms with van der Waals surface area (Å²) < 4.78 is 0. The summed E-state index contributed by atoms with van der Waals surface area (Å²) in [6.07, 6.45) is 4.61. The average molecular weight is 261 g/mol. The number of carboxylic acid groups (broad SMARTS) is 1. The zero-order valence-electron chi connectivity index (χ0n) is 11.5.